The van der Waals surface area contributed by atoms with Gasteiger partial charge in [0.05, 0.1) is 23.2 Å². The van der Waals surface area contributed by atoms with Gasteiger partial charge in [0.1, 0.15) is 11.6 Å². The number of rotatable bonds is 4. The molecule has 1 aromatic heterocycles. The fourth-order valence-electron chi connectivity index (χ4n) is 3.66. The van der Waals surface area contributed by atoms with Gasteiger partial charge in [-0.15, -0.1) is 0 Å². The van der Waals surface area contributed by atoms with E-state index in [1.165, 1.54) is 12.1 Å². The smallest absolute Gasteiger partial charge is 0.157 e. The van der Waals surface area contributed by atoms with E-state index in [1.54, 1.807) is 17.1 Å². The van der Waals surface area contributed by atoms with Gasteiger partial charge in [-0.05, 0) is 55.9 Å². The Balaban J connectivity index is 1.74. The van der Waals surface area contributed by atoms with Gasteiger partial charge in [0.2, 0.25) is 0 Å². The number of methoxy groups -OCH3 is 1. The normalized spacial score (nSPS) is 16.5. The van der Waals surface area contributed by atoms with Crippen molar-refractivity contribution in [2.75, 3.05) is 45.2 Å². The maximum absolute atomic E-state index is 13.8. The van der Waals surface area contributed by atoms with Gasteiger partial charge < -0.3 is 14.5 Å². The zero-order chi connectivity index (χ0) is 19.8. The van der Waals surface area contributed by atoms with Gasteiger partial charge in [0.15, 0.2) is 11.0 Å². The third-order valence-corrected chi connectivity index (χ3v) is 6.62. The predicted molar refractivity (Wildman–Crippen MR) is 111 cm³/mol. The van der Waals surface area contributed by atoms with Gasteiger partial charge >= 0.3 is 0 Å². The van der Waals surface area contributed by atoms with Gasteiger partial charge in [-0.25, -0.2) is 8.60 Å². The summed E-state index contributed by atoms with van der Waals surface area (Å²) in [5.41, 5.74) is 2.55. The van der Waals surface area contributed by atoms with E-state index in [9.17, 15) is 8.60 Å². The summed E-state index contributed by atoms with van der Waals surface area (Å²) in [6.07, 6.45) is 1.82. The number of benzene rings is 2. The molecule has 28 heavy (non-hydrogen) atoms. The van der Waals surface area contributed by atoms with Gasteiger partial charge in [-0.2, -0.15) is 0 Å². The summed E-state index contributed by atoms with van der Waals surface area (Å²) < 4.78 is 34.3. The van der Waals surface area contributed by atoms with Crippen molar-refractivity contribution >= 4 is 27.6 Å². The third-order valence-electron chi connectivity index (χ3n) is 5.31. The number of anilines is 1. The van der Waals surface area contributed by atoms with E-state index in [2.05, 4.69) is 16.8 Å². The average Bonchev–Trinajstić information content (AvgIpc) is 3.03. The molecule has 0 N–H and O–H groups in total. The first kappa shape index (κ1) is 19.0. The summed E-state index contributed by atoms with van der Waals surface area (Å²) in [5.74, 6) is 0.432. The average molecular weight is 402 g/mol. The molecule has 0 amide bonds. The molecule has 1 aliphatic heterocycles. The Morgan fingerprint density at radius 1 is 1.07 bits per heavy atom. The SMILES string of the molecule is COc1ccc(S(=O)n2cc(C)c3ccc(F)cc32)cc1N1CCN(C)CC1. The molecule has 0 spiro atoms. The van der Waals surface area contributed by atoms with Crippen LogP contribution in [0, 0.1) is 12.7 Å². The molecule has 7 heteroatoms. The molecule has 1 unspecified atom stereocenters. The lowest BCUT2D eigenvalue weighted by Crippen LogP contribution is -2.44. The Kier molecular flexibility index (Phi) is 5.12. The highest BCUT2D eigenvalue weighted by Gasteiger charge is 2.20. The molecule has 4 rings (SSSR count). The number of hydrogen-bond acceptors (Lipinski definition) is 4. The van der Waals surface area contributed by atoms with Crippen LogP contribution in [0.25, 0.3) is 10.9 Å². The minimum absolute atomic E-state index is 0.336. The van der Waals surface area contributed by atoms with Crippen LogP contribution in [0.3, 0.4) is 0 Å². The number of aryl methyl sites for hydroxylation is 1. The number of ether oxygens (including phenoxy) is 1. The lowest BCUT2D eigenvalue weighted by Gasteiger charge is -2.34. The molecular weight excluding hydrogens is 377 g/mol. The van der Waals surface area contributed by atoms with Crippen molar-refractivity contribution in [3.63, 3.8) is 0 Å². The fraction of sp³-hybridized carbons (Fsp3) is 0.333. The molecule has 2 heterocycles. The van der Waals surface area contributed by atoms with Crippen molar-refractivity contribution in [2.45, 2.75) is 11.8 Å². The summed E-state index contributed by atoms with van der Waals surface area (Å²) >= 11 is 0. The molecule has 1 saturated heterocycles. The maximum atomic E-state index is 13.8. The van der Waals surface area contributed by atoms with Crippen molar-refractivity contribution < 1.29 is 13.3 Å². The second-order valence-corrected chi connectivity index (χ2v) is 8.54. The van der Waals surface area contributed by atoms with Crippen molar-refractivity contribution in [3.8, 4) is 5.75 Å². The van der Waals surface area contributed by atoms with Crippen LogP contribution in [0.4, 0.5) is 10.1 Å². The molecule has 1 fully saturated rings. The summed E-state index contributed by atoms with van der Waals surface area (Å²) in [5, 5.41) is 0.905. The maximum Gasteiger partial charge on any atom is 0.157 e. The molecule has 1 aliphatic rings. The quantitative estimate of drug-likeness (QED) is 0.671. The molecule has 1 atom stereocenters. The summed E-state index contributed by atoms with van der Waals surface area (Å²) in [4.78, 5) is 5.21. The number of likely N-dealkylation sites (N-methyl/N-ethyl adjacent to an activating group) is 1. The van der Waals surface area contributed by atoms with Gasteiger partial charge in [-0.3, -0.25) is 3.97 Å². The van der Waals surface area contributed by atoms with Crippen LogP contribution in [0.2, 0.25) is 0 Å². The predicted octanol–water partition coefficient (Wildman–Crippen LogP) is 3.42. The van der Waals surface area contributed by atoms with Crippen molar-refractivity contribution in [3.05, 3.63) is 54.0 Å². The minimum Gasteiger partial charge on any atom is -0.495 e. The van der Waals surface area contributed by atoms with Crippen LogP contribution in [-0.4, -0.2) is 53.4 Å². The number of nitrogens with zero attached hydrogens (tertiary/aromatic N) is 3. The Bertz CT molecular complexity index is 1040. The fourth-order valence-corrected chi connectivity index (χ4v) is 4.87. The Morgan fingerprint density at radius 3 is 2.54 bits per heavy atom. The lowest BCUT2D eigenvalue weighted by molar-refractivity contribution is 0.311. The minimum atomic E-state index is -1.48. The third kappa shape index (κ3) is 3.40. The topological polar surface area (TPSA) is 37.7 Å². The first-order chi connectivity index (χ1) is 13.5. The monoisotopic (exact) mass is 401 g/mol. The van der Waals surface area contributed by atoms with E-state index in [0.717, 1.165) is 48.6 Å². The van der Waals surface area contributed by atoms with Crippen molar-refractivity contribution in [1.29, 1.82) is 0 Å². The van der Waals surface area contributed by atoms with Crippen LogP contribution in [0.1, 0.15) is 5.56 Å². The van der Waals surface area contributed by atoms with Gasteiger partial charge in [-0.1, -0.05) is 0 Å². The summed E-state index contributed by atoms with van der Waals surface area (Å²) in [6, 6.07) is 10.2. The molecular formula is C21H24FN3O2S. The summed E-state index contributed by atoms with van der Waals surface area (Å²) in [7, 11) is 2.28. The van der Waals surface area contributed by atoms with Crippen molar-refractivity contribution in [2.24, 2.45) is 0 Å². The molecule has 0 aliphatic carbocycles. The molecule has 2 aromatic carbocycles. The van der Waals surface area contributed by atoms with Crippen LogP contribution in [0.5, 0.6) is 5.75 Å². The van der Waals surface area contributed by atoms with E-state index < -0.39 is 11.0 Å². The van der Waals surface area contributed by atoms with Crippen LogP contribution in [0.15, 0.2) is 47.5 Å². The largest absolute Gasteiger partial charge is 0.495 e. The summed E-state index contributed by atoms with van der Waals surface area (Å²) in [6.45, 7) is 5.66. The molecule has 3 aromatic rings. The highest BCUT2D eigenvalue weighted by Crippen LogP contribution is 2.32. The lowest BCUT2D eigenvalue weighted by atomic mass is 10.2. The van der Waals surface area contributed by atoms with E-state index in [1.807, 2.05) is 31.3 Å². The zero-order valence-electron chi connectivity index (χ0n) is 16.3. The standard InChI is InChI=1S/C21H24FN3O2S/c1-15-14-25(19-12-16(22)4-6-18(15)19)28(26)17-5-7-21(27-3)20(13-17)24-10-8-23(2)9-11-24/h4-7,12-14H,8-11H2,1-3H3. The molecule has 0 radical (unpaired) electrons. The number of halogens is 1. The highest BCUT2D eigenvalue weighted by molar-refractivity contribution is 7.83. The number of aromatic nitrogens is 1. The van der Waals surface area contributed by atoms with Gasteiger partial charge in [0, 0.05) is 37.8 Å². The second kappa shape index (κ2) is 7.56. The Morgan fingerprint density at radius 2 is 1.82 bits per heavy atom. The second-order valence-electron chi connectivity index (χ2n) is 7.17. The van der Waals surface area contributed by atoms with Crippen LogP contribution < -0.4 is 9.64 Å². The van der Waals surface area contributed by atoms with Crippen LogP contribution >= 0.6 is 0 Å². The molecule has 5 nitrogen and oxygen atoms in total. The van der Waals surface area contributed by atoms with Crippen molar-refractivity contribution in [1.82, 2.24) is 8.87 Å². The van der Waals surface area contributed by atoms with E-state index in [-0.39, 0.29) is 5.82 Å². The van der Waals surface area contributed by atoms with E-state index in [4.69, 9.17) is 4.74 Å². The first-order valence-corrected chi connectivity index (χ1v) is 10.4. The number of fused-ring (bicyclic) bond motifs is 1. The molecule has 148 valence electrons. The number of hydrogen-bond donors (Lipinski definition) is 0. The van der Waals surface area contributed by atoms with Crippen LogP contribution in [-0.2, 0) is 11.0 Å². The van der Waals surface area contributed by atoms with Gasteiger partial charge in [0.25, 0.3) is 0 Å². The highest BCUT2D eigenvalue weighted by atomic mass is 32.2. The van der Waals surface area contributed by atoms with E-state index >= 15 is 0 Å². The Labute approximate surface area is 166 Å². The first-order valence-electron chi connectivity index (χ1n) is 9.29. The number of piperazine rings is 1. The Hall–Kier alpha value is -2.38. The van der Waals surface area contributed by atoms with E-state index in [0.29, 0.717) is 10.4 Å². The molecule has 0 saturated carbocycles. The zero-order valence-corrected chi connectivity index (χ0v) is 17.1. The molecule has 0 bridgehead atoms.